The number of benzene rings is 1. The van der Waals surface area contributed by atoms with Gasteiger partial charge in [-0.05, 0) is 31.5 Å². The van der Waals surface area contributed by atoms with Crippen molar-refractivity contribution in [2.24, 2.45) is 0 Å². The molecule has 1 aromatic heterocycles. The van der Waals surface area contributed by atoms with Gasteiger partial charge in [0.2, 0.25) is 6.04 Å². The maximum absolute atomic E-state index is 12.7. The summed E-state index contributed by atoms with van der Waals surface area (Å²) in [6.45, 7) is 3.71. The summed E-state index contributed by atoms with van der Waals surface area (Å²) in [5.41, 5.74) is 1.68. The van der Waals surface area contributed by atoms with E-state index in [4.69, 9.17) is 16.1 Å². The van der Waals surface area contributed by atoms with Gasteiger partial charge in [-0.2, -0.15) is 4.58 Å². The lowest BCUT2D eigenvalue weighted by molar-refractivity contribution is -0.463. The summed E-state index contributed by atoms with van der Waals surface area (Å²) in [5.74, 6) is 0.169. The van der Waals surface area contributed by atoms with Gasteiger partial charge in [-0.25, -0.2) is 4.79 Å². The van der Waals surface area contributed by atoms with Crippen molar-refractivity contribution in [2.45, 2.75) is 45.2 Å². The van der Waals surface area contributed by atoms with E-state index in [1.54, 1.807) is 31.3 Å². The van der Waals surface area contributed by atoms with Gasteiger partial charge in [0.15, 0.2) is 5.76 Å². The molecule has 2 aromatic rings. The summed E-state index contributed by atoms with van der Waals surface area (Å²) >= 11 is 5.90. The van der Waals surface area contributed by atoms with Gasteiger partial charge < -0.3 is 9.84 Å². The highest BCUT2D eigenvalue weighted by atomic mass is 35.5. The predicted molar refractivity (Wildman–Crippen MR) is 97.3 cm³/mol. The molecule has 3 rings (SSSR count). The first-order chi connectivity index (χ1) is 12.4. The summed E-state index contributed by atoms with van der Waals surface area (Å²) in [6, 6.07) is 8.39. The number of hydrogen-bond acceptors (Lipinski definition) is 4. The van der Waals surface area contributed by atoms with Gasteiger partial charge in [-0.1, -0.05) is 28.9 Å². The van der Waals surface area contributed by atoms with Gasteiger partial charge >= 0.3 is 5.91 Å². The first kappa shape index (κ1) is 18.3. The minimum absolute atomic E-state index is 0.0911. The second-order valence-corrected chi connectivity index (χ2v) is 6.91. The molecule has 0 saturated carbocycles. The van der Waals surface area contributed by atoms with E-state index in [-0.39, 0.29) is 24.3 Å². The minimum Gasteiger partial charge on any atom is -0.360 e. The Hall–Kier alpha value is -2.47. The van der Waals surface area contributed by atoms with Crippen LogP contribution in [0.3, 0.4) is 0 Å². The Morgan fingerprint density at radius 2 is 2.12 bits per heavy atom. The summed E-state index contributed by atoms with van der Waals surface area (Å²) in [5, 5.41) is 7.41. The third-order valence-corrected chi connectivity index (χ3v) is 4.68. The molecule has 1 aromatic carbocycles. The van der Waals surface area contributed by atoms with Crippen molar-refractivity contribution in [1.82, 2.24) is 10.5 Å². The molecule has 0 fully saturated rings. The molecule has 1 aliphatic heterocycles. The third-order valence-electron chi connectivity index (χ3n) is 4.42. The molecule has 6 nitrogen and oxygen atoms in total. The first-order valence-corrected chi connectivity index (χ1v) is 8.94. The molecule has 2 atom stereocenters. The number of rotatable bonds is 5. The van der Waals surface area contributed by atoms with Crippen LogP contribution < -0.4 is 5.32 Å². The molecule has 1 N–H and O–H groups in total. The van der Waals surface area contributed by atoms with Crippen LogP contribution in [0.15, 0.2) is 34.9 Å². The van der Waals surface area contributed by atoms with Crippen LogP contribution in [-0.2, 0) is 16.0 Å². The predicted octanol–water partition coefficient (Wildman–Crippen LogP) is 2.83. The SMILES string of the molecule is Cc1cc(CC(=O)[N+]2=CCC[C@H]2C(=O)N[C@@H](C)c2ccc(Cl)cc2)on1. The van der Waals surface area contributed by atoms with E-state index in [0.29, 0.717) is 23.6 Å². The lowest BCUT2D eigenvalue weighted by Gasteiger charge is -2.16. The van der Waals surface area contributed by atoms with Gasteiger partial charge in [0, 0.05) is 23.9 Å². The summed E-state index contributed by atoms with van der Waals surface area (Å²) < 4.78 is 6.62. The van der Waals surface area contributed by atoms with Crippen molar-refractivity contribution in [3.05, 3.63) is 52.4 Å². The highest BCUT2D eigenvalue weighted by Gasteiger charge is 2.38. The van der Waals surface area contributed by atoms with Crippen LogP contribution in [-0.4, -0.2) is 33.8 Å². The fourth-order valence-corrected chi connectivity index (χ4v) is 3.18. The molecule has 0 spiro atoms. The molecule has 0 aliphatic carbocycles. The van der Waals surface area contributed by atoms with E-state index >= 15 is 0 Å². The van der Waals surface area contributed by atoms with E-state index in [1.165, 1.54) is 4.58 Å². The van der Waals surface area contributed by atoms with Crippen molar-refractivity contribution in [1.29, 1.82) is 0 Å². The fourth-order valence-electron chi connectivity index (χ4n) is 3.06. The van der Waals surface area contributed by atoms with Gasteiger partial charge in [0.25, 0.3) is 5.91 Å². The summed E-state index contributed by atoms with van der Waals surface area (Å²) in [4.78, 5) is 25.2. The molecular formula is C19H21ClN3O3+. The number of aryl methyl sites for hydroxylation is 1. The van der Waals surface area contributed by atoms with Crippen LogP contribution in [0, 0.1) is 6.92 Å². The van der Waals surface area contributed by atoms with Crippen LogP contribution in [0.25, 0.3) is 0 Å². The molecule has 1 aliphatic rings. The van der Waals surface area contributed by atoms with Gasteiger partial charge in [0.1, 0.15) is 12.6 Å². The number of halogens is 1. The Morgan fingerprint density at radius 1 is 1.38 bits per heavy atom. The average Bonchev–Trinajstić information content (AvgIpc) is 3.24. The topological polar surface area (TPSA) is 75.2 Å². The normalized spacial score (nSPS) is 17.7. The number of amides is 2. The van der Waals surface area contributed by atoms with Gasteiger partial charge in [0.05, 0.1) is 11.7 Å². The lowest BCUT2D eigenvalue weighted by atomic mass is 10.1. The van der Waals surface area contributed by atoms with Crippen molar-refractivity contribution in [3.63, 3.8) is 0 Å². The quantitative estimate of drug-likeness (QED) is 0.816. The summed E-state index contributed by atoms with van der Waals surface area (Å²) in [7, 11) is 0. The van der Waals surface area contributed by atoms with Crippen LogP contribution >= 0.6 is 11.6 Å². The lowest BCUT2D eigenvalue weighted by Crippen LogP contribution is -2.43. The average molecular weight is 375 g/mol. The summed E-state index contributed by atoms with van der Waals surface area (Å²) in [6.07, 6.45) is 3.17. The highest BCUT2D eigenvalue weighted by Crippen LogP contribution is 2.18. The monoisotopic (exact) mass is 374 g/mol. The molecule has 0 radical (unpaired) electrons. The van der Waals surface area contributed by atoms with Crippen LogP contribution in [0.4, 0.5) is 0 Å². The van der Waals surface area contributed by atoms with Crippen molar-refractivity contribution >= 4 is 29.6 Å². The van der Waals surface area contributed by atoms with Crippen LogP contribution in [0.1, 0.15) is 42.8 Å². The Labute approximate surface area is 156 Å². The third kappa shape index (κ3) is 4.19. The number of carbonyl (C=O) groups is 2. The second-order valence-electron chi connectivity index (χ2n) is 6.47. The number of carbonyl (C=O) groups excluding carboxylic acids is 2. The van der Waals surface area contributed by atoms with Gasteiger partial charge in [-0.15, -0.1) is 0 Å². The van der Waals surface area contributed by atoms with Crippen molar-refractivity contribution < 1.29 is 18.7 Å². The standard InChI is InChI=1S/C19H20ClN3O3/c1-12-10-16(26-22-12)11-18(24)23-9-3-4-17(23)19(25)21-13(2)14-5-7-15(20)8-6-14/h5-10,13,17H,3-4,11H2,1-2H3/p+1/t13-,17-/m0/s1. The molecule has 0 unspecified atom stereocenters. The smallest absolute Gasteiger partial charge is 0.360 e. The van der Waals surface area contributed by atoms with E-state index in [1.807, 2.05) is 19.1 Å². The number of nitrogens with zero attached hydrogens (tertiary/aromatic N) is 2. The second kappa shape index (κ2) is 7.83. The Kier molecular flexibility index (Phi) is 5.52. The molecule has 2 heterocycles. The molecular weight excluding hydrogens is 354 g/mol. The maximum atomic E-state index is 12.7. The minimum atomic E-state index is -0.499. The van der Waals surface area contributed by atoms with Crippen LogP contribution in [0.2, 0.25) is 5.02 Å². The number of hydrogen-bond donors (Lipinski definition) is 1. The van der Waals surface area contributed by atoms with Crippen molar-refractivity contribution in [3.8, 4) is 0 Å². The number of nitrogens with one attached hydrogen (secondary N) is 1. The largest absolute Gasteiger partial charge is 0.395 e. The molecule has 0 saturated heterocycles. The molecule has 2 amide bonds. The zero-order valence-electron chi connectivity index (χ0n) is 14.7. The zero-order valence-corrected chi connectivity index (χ0v) is 15.5. The Bertz CT molecular complexity index is 842. The Morgan fingerprint density at radius 3 is 2.77 bits per heavy atom. The molecule has 7 heteroatoms. The number of aromatic nitrogens is 1. The van der Waals surface area contributed by atoms with Crippen molar-refractivity contribution in [2.75, 3.05) is 0 Å². The van der Waals surface area contributed by atoms with E-state index in [9.17, 15) is 9.59 Å². The Balaban J connectivity index is 1.64. The van der Waals surface area contributed by atoms with E-state index < -0.39 is 6.04 Å². The van der Waals surface area contributed by atoms with E-state index in [2.05, 4.69) is 10.5 Å². The maximum Gasteiger partial charge on any atom is 0.395 e. The first-order valence-electron chi connectivity index (χ1n) is 8.56. The zero-order chi connectivity index (χ0) is 18.7. The fraction of sp³-hybridized carbons (Fsp3) is 0.368. The molecule has 26 heavy (non-hydrogen) atoms. The highest BCUT2D eigenvalue weighted by molar-refractivity contribution is 6.30. The van der Waals surface area contributed by atoms with E-state index in [0.717, 1.165) is 11.3 Å². The van der Waals surface area contributed by atoms with Gasteiger partial charge in [-0.3, -0.25) is 4.79 Å². The van der Waals surface area contributed by atoms with Crippen LogP contribution in [0.5, 0.6) is 0 Å². The molecule has 136 valence electrons. The molecule has 0 bridgehead atoms.